The van der Waals surface area contributed by atoms with E-state index in [1.165, 1.54) is 0 Å². The predicted octanol–water partition coefficient (Wildman–Crippen LogP) is 0.123. The number of nitrogens with two attached hydrogens (primary N) is 1. The SMILES string of the molecule is NC(=O)OCCNc1ncc(F)cn1. The summed E-state index contributed by atoms with van der Waals surface area (Å²) < 4.78 is 16.8. The molecule has 76 valence electrons. The minimum absolute atomic E-state index is 0.107. The van der Waals surface area contributed by atoms with Crippen LogP contribution in [0.25, 0.3) is 0 Å². The third kappa shape index (κ3) is 3.65. The van der Waals surface area contributed by atoms with E-state index < -0.39 is 11.9 Å². The lowest BCUT2D eigenvalue weighted by atomic mass is 10.6. The standard InChI is InChI=1S/C7H9FN4O2/c8-5-3-11-7(12-4-5)10-1-2-14-6(9)13/h3-4H,1-2H2,(H2,9,13)(H,10,11,12). The molecule has 1 aromatic rings. The Labute approximate surface area is 79.3 Å². The Morgan fingerprint density at radius 1 is 1.57 bits per heavy atom. The summed E-state index contributed by atoms with van der Waals surface area (Å²) in [6, 6.07) is 0. The highest BCUT2D eigenvalue weighted by Crippen LogP contribution is 1.96. The second kappa shape index (κ2) is 4.95. The summed E-state index contributed by atoms with van der Waals surface area (Å²) in [6.45, 7) is 0.421. The van der Waals surface area contributed by atoms with Crippen LogP contribution in [0, 0.1) is 5.82 Å². The molecule has 0 bridgehead atoms. The number of halogens is 1. The van der Waals surface area contributed by atoms with Gasteiger partial charge in [-0.3, -0.25) is 0 Å². The van der Waals surface area contributed by atoms with Gasteiger partial charge in [0.15, 0.2) is 5.82 Å². The number of rotatable bonds is 4. The zero-order valence-electron chi connectivity index (χ0n) is 7.24. The van der Waals surface area contributed by atoms with Crippen LogP contribution < -0.4 is 11.1 Å². The molecular weight excluding hydrogens is 191 g/mol. The molecule has 0 saturated carbocycles. The predicted molar refractivity (Wildman–Crippen MR) is 46.0 cm³/mol. The molecule has 1 aromatic heterocycles. The smallest absolute Gasteiger partial charge is 0.404 e. The van der Waals surface area contributed by atoms with Crippen LogP contribution in [0.5, 0.6) is 0 Å². The molecule has 0 aliphatic carbocycles. The number of hydrogen-bond acceptors (Lipinski definition) is 5. The number of amides is 1. The highest BCUT2D eigenvalue weighted by Gasteiger charge is 1.96. The van der Waals surface area contributed by atoms with Crippen molar-refractivity contribution in [2.45, 2.75) is 0 Å². The number of hydrogen-bond donors (Lipinski definition) is 2. The first-order chi connectivity index (χ1) is 6.68. The third-order valence-corrected chi connectivity index (χ3v) is 1.25. The van der Waals surface area contributed by atoms with Crippen molar-refractivity contribution in [1.82, 2.24) is 9.97 Å². The first-order valence-electron chi connectivity index (χ1n) is 3.82. The van der Waals surface area contributed by atoms with E-state index in [0.717, 1.165) is 12.4 Å². The Morgan fingerprint density at radius 3 is 2.79 bits per heavy atom. The number of carbonyl (C=O) groups is 1. The van der Waals surface area contributed by atoms with E-state index in [4.69, 9.17) is 5.73 Å². The molecule has 1 heterocycles. The van der Waals surface area contributed by atoms with Gasteiger partial charge in [-0.1, -0.05) is 0 Å². The fourth-order valence-electron chi connectivity index (χ4n) is 0.718. The lowest BCUT2D eigenvalue weighted by Crippen LogP contribution is -2.19. The molecule has 14 heavy (non-hydrogen) atoms. The lowest BCUT2D eigenvalue weighted by molar-refractivity contribution is 0.161. The summed E-state index contributed by atoms with van der Waals surface area (Å²) in [5.41, 5.74) is 4.72. The highest BCUT2D eigenvalue weighted by molar-refractivity contribution is 5.64. The topological polar surface area (TPSA) is 90.1 Å². The fraction of sp³-hybridized carbons (Fsp3) is 0.286. The van der Waals surface area contributed by atoms with Crippen molar-refractivity contribution in [3.05, 3.63) is 18.2 Å². The molecule has 0 aliphatic heterocycles. The van der Waals surface area contributed by atoms with E-state index in [9.17, 15) is 9.18 Å². The molecule has 7 heteroatoms. The van der Waals surface area contributed by atoms with Gasteiger partial charge in [-0.15, -0.1) is 0 Å². The first-order valence-corrected chi connectivity index (χ1v) is 3.82. The highest BCUT2D eigenvalue weighted by atomic mass is 19.1. The molecule has 1 amide bonds. The van der Waals surface area contributed by atoms with Gasteiger partial charge >= 0.3 is 6.09 Å². The van der Waals surface area contributed by atoms with Gasteiger partial charge < -0.3 is 15.8 Å². The van der Waals surface area contributed by atoms with Crippen molar-refractivity contribution in [2.24, 2.45) is 5.73 Å². The lowest BCUT2D eigenvalue weighted by Gasteiger charge is -2.03. The van der Waals surface area contributed by atoms with Crippen LogP contribution in [0.4, 0.5) is 15.1 Å². The van der Waals surface area contributed by atoms with Gasteiger partial charge in [-0.2, -0.15) is 0 Å². The van der Waals surface area contributed by atoms with Crippen molar-refractivity contribution in [2.75, 3.05) is 18.5 Å². The number of anilines is 1. The number of nitrogens with zero attached hydrogens (tertiary/aromatic N) is 2. The largest absolute Gasteiger partial charge is 0.448 e. The number of primary amides is 1. The Hall–Kier alpha value is -1.92. The molecule has 3 N–H and O–H groups in total. The molecular formula is C7H9FN4O2. The summed E-state index contributed by atoms with van der Waals surface area (Å²) in [6.07, 6.45) is 1.22. The van der Waals surface area contributed by atoms with E-state index in [1.54, 1.807) is 0 Å². The van der Waals surface area contributed by atoms with Crippen molar-refractivity contribution in [3.8, 4) is 0 Å². The maximum Gasteiger partial charge on any atom is 0.404 e. The number of carbonyl (C=O) groups excluding carboxylic acids is 1. The van der Waals surface area contributed by atoms with Gasteiger partial charge in [0.1, 0.15) is 6.61 Å². The average Bonchev–Trinajstić information content (AvgIpc) is 2.15. The first kappa shape index (κ1) is 10.2. The van der Waals surface area contributed by atoms with Gasteiger partial charge in [0.05, 0.1) is 18.9 Å². The summed E-state index contributed by atoms with van der Waals surface area (Å²) in [4.78, 5) is 17.4. The number of aromatic nitrogens is 2. The molecule has 0 atom stereocenters. The van der Waals surface area contributed by atoms with Crippen LogP contribution in [0.3, 0.4) is 0 Å². The van der Waals surface area contributed by atoms with Gasteiger partial charge in [0, 0.05) is 0 Å². The second-order valence-corrected chi connectivity index (χ2v) is 2.32. The summed E-state index contributed by atoms with van der Waals surface area (Å²) in [7, 11) is 0. The average molecular weight is 200 g/mol. The quantitative estimate of drug-likeness (QED) is 0.674. The molecule has 0 spiro atoms. The van der Waals surface area contributed by atoms with Crippen molar-refractivity contribution in [1.29, 1.82) is 0 Å². The zero-order valence-corrected chi connectivity index (χ0v) is 7.24. The fourth-order valence-corrected chi connectivity index (χ4v) is 0.718. The van der Waals surface area contributed by atoms with Crippen molar-refractivity contribution in [3.63, 3.8) is 0 Å². The molecule has 6 nitrogen and oxygen atoms in total. The molecule has 0 saturated heterocycles. The van der Waals surface area contributed by atoms with E-state index in [1.807, 2.05) is 0 Å². The number of nitrogens with one attached hydrogen (secondary N) is 1. The summed E-state index contributed by atoms with van der Waals surface area (Å²) >= 11 is 0. The molecule has 0 aromatic carbocycles. The maximum absolute atomic E-state index is 12.3. The second-order valence-electron chi connectivity index (χ2n) is 2.32. The molecule has 0 unspecified atom stereocenters. The Kier molecular flexibility index (Phi) is 3.59. The minimum Gasteiger partial charge on any atom is -0.448 e. The van der Waals surface area contributed by atoms with E-state index in [0.29, 0.717) is 6.54 Å². The monoisotopic (exact) mass is 200 g/mol. The van der Waals surface area contributed by atoms with E-state index in [-0.39, 0.29) is 12.6 Å². The van der Waals surface area contributed by atoms with Crippen LogP contribution in [-0.4, -0.2) is 29.2 Å². The van der Waals surface area contributed by atoms with Crippen molar-refractivity contribution < 1.29 is 13.9 Å². The third-order valence-electron chi connectivity index (χ3n) is 1.25. The maximum atomic E-state index is 12.3. The van der Waals surface area contributed by atoms with Gasteiger partial charge in [-0.05, 0) is 0 Å². The van der Waals surface area contributed by atoms with Crippen LogP contribution in [0.15, 0.2) is 12.4 Å². The molecule has 0 radical (unpaired) electrons. The van der Waals surface area contributed by atoms with Crippen LogP contribution in [-0.2, 0) is 4.74 Å². The van der Waals surface area contributed by atoms with Crippen LogP contribution >= 0.6 is 0 Å². The van der Waals surface area contributed by atoms with Crippen molar-refractivity contribution >= 4 is 12.0 Å². The number of ether oxygens (including phenoxy) is 1. The Balaban J connectivity index is 2.25. The molecule has 0 aliphatic rings. The van der Waals surface area contributed by atoms with E-state index in [2.05, 4.69) is 20.0 Å². The molecule has 1 rings (SSSR count). The van der Waals surface area contributed by atoms with E-state index >= 15 is 0 Å². The normalized spacial score (nSPS) is 9.50. The minimum atomic E-state index is -0.841. The van der Waals surface area contributed by atoms with Crippen LogP contribution in [0.2, 0.25) is 0 Å². The summed E-state index contributed by atoms with van der Waals surface area (Å²) in [5, 5.41) is 2.71. The molecule has 0 fully saturated rings. The summed E-state index contributed by atoms with van der Waals surface area (Å²) in [5.74, 6) is -0.247. The Morgan fingerprint density at radius 2 is 2.21 bits per heavy atom. The Bertz CT molecular complexity index is 303. The van der Waals surface area contributed by atoms with Gasteiger partial charge in [0.25, 0.3) is 0 Å². The zero-order chi connectivity index (χ0) is 10.4. The van der Waals surface area contributed by atoms with Crippen LogP contribution in [0.1, 0.15) is 0 Å². The van der Waals surface area contributed by atoms with Gasteiger partial charge in [0.2, 0.25) is 5.95 Å². The van der Waals surface area contributed by atoms with Gasteiger partial charge in [-0.25, -0.2) is 19.2 Å².